The summed E-state index contributed by atoms with van der Waals surface area (Å²) in [6.45, 7) is 1.30. The van der Waals surface area contributed by atoms with Gasteiger partial charge in [-0.25, -0.2) is 0 Å². The van der Waals surface area contributed by atoms with Crippen LogP contribution in [0.1, 0.15) is 0 Å². The number of ether oxygens (including phenoxy) is 2. The molecule has 0 saturated carbocycles. The number of para-hydroxylation sites is 2. The summed E-state index contributed by atoms with van der Waals surface area (Å²) in [6.07, 6.45) is 7.47. The Bertz CT molecular complexity index is 474. The second kappa shape index (κ2) is 10.2. The van der Waals surface area contributed by atoms with Crippen molar-refractivity contribution in [1.82, 2.24) is 0 Å². The molecular formula is C14H16BrNO4. The quantitative estimate of drug-likeness (QED) is 0.227. The lowest BCUT2D eigenvalue weighted by Crippen LogP contribution is -1.98. The molecule has 0 aliphatic rings. The summed E-state index contributed by atoms with van der Waals surface area (Å²) < 4.78 is 10.6. The maximum Gasteiger partial charge on any atom is 0.310 e. The molecule has 0 saturated heterocycles. The Kier molecular flexibility index (Phi) is 8.33. The molecule has 20 heavy (non-hydrogen) atoms. The summed E-state index contributed by atoms with van der Waals surface area (Å²) >= 11 is 3.27. The fourth-order valence-electron chi connectivity index (χ4n) is 1.34. The number of allylic oxidation sites excluding steroid dienone is 1. The summed E-state index contributed by atoms with van der Waals surface area (Å²) in [5.41, 5.74) is -0.0305. The number of rotatable bonds is 9. The SMILES string of the molecule is O=[N+]([O-])c1ccccc1OC/C=C/COC/C=C/CBr. The van der Waals surface area contributed by atoms with Crippen LogP contribution < -0.4 is 4.74 Å². The van der Waals surface area contributed by atoms with Crippen LogP contribution in [0.5, 0.6) is 5.75 Å². The van der Waals surface area contributed by atoms with Crippen LogP contribution in [-0.2, 0) is 4.74 Å². The van der Waals surface area contributed by atoms with Gasteiger partial charge in [0.1, 0.15) is 6.61 Å². The summed E-state index contributed by atoms with van der Waals surface area (Å²) in [5.74, 6) is 0.267. The van der Waals surface area contributed by atoms with E-state index in [2.05, 4.69) is 15.9 Å². The van der Waals surface area contributed by atoms with E-state index in [4.69, 9.17) is 9.47 Å². The van der Waals surface area contributed by atoms with E-state index >= 15 is 0 Å². The minimum atomic E-state index is -0.460. The highest BCUT2D eigenvalue weighted by atomic mass is 79.9. The number of nitrogens with zero attached hydrogens (tertiary/aromatic N) is 1. The molecule has 0 unspecified atom stereocenters. The number of nitro groups is 1. The molecule has 0 fully saturated rings. The predicted octanol–water partition coefficient (Wildman–Crippen LogP) is 3.50. The second-order valence-corrected chi connectivity index (χ2v) is 4.32. The lowest BCUT2D eigenvalue weighted by Gasteiger charge is -2.03. The third-order valence-corrected chi connectivity index (χ3v) is 2.62. The third kappa shape index (κ3) is 6.49. The summed E-state index contributed by atoms with van der Waals surface area (Å²) in [5, 5.41) is 11.6. The minimum absolute atomic E-state index is 0.0305. The van der Waals surface area contributed by atoms with Crippen LogP contribution in [0, 0.1) is 10.1 Å². The Morgan fingerprint density at radius 1 is 1.10 bits per heavy atom. The van der Waals surface area contributed by atoms with Gasteiger partial charge in [0.25, 0.3) is 0 Å². The van der Waals surface area contributed by atoms with Gasteiger partial charge in [0, 0.05) is 11.4 Å². The largest absolute Gasteiger partial charge is 0.483 e. The number of nitro benzene ring substituents is 1. The lowest BCUT2D eigenvalue weighted by atomic mass is 10.3. The van der Waals surface area contributed by atoms with Crippen molar-refractivity contribution in [3.8, 4) is 5.75 Å². The number of benzene rings is 1. The van der Waals surface area contributed by atoms with Gasteiger partial charge in [-0.15, -0.1) is 0 Å². The van der Waals surface area contributed by atoms with Crippen molar-refractivity contribution in [3.63, 3.8) is 0 Å². The van der Waals surface area contributed by atoms with Gasteiger partial charge in [0.05, 0.1) is 18.1 Å². The van der Waals surface area contributed by atoms with Gasteiger partial charge in [0.2, 0.25) is 0 Å². The average molecular weight is 342 g/mol. The molecule has 0 bridgehead atoms. The van der Waals surface area contributed by atoms with Gasteiger partial charge < -0.3 is 9.47 Å². The first-order valence-corrected chi connectivity index (χ1v) is 7.17. The van der Waals surface area contributed by atoms with Crippen LogP contribution in [0.2, 0.25) is 0 Å². The highest BCUT2D eigenvalue weighted by molar-refractivity contribution is 9.09. The first-order valence-electron chi connectivity index (χ1n) is 6.05. The van der Waals surface area contributed by atoms with Crippen LogP contribution in [0.4, 0.5) is 5.69 Å². The predicted molar refractivity (Wildman–Crippen MR) is 81.5 cm³/mol. The normalized spacial score (nSPS) is 11.2. The van der Waals surface area contributed by atoms with E-state index in [-0.39, 0.29) is 18.0 Å². The Morgan fingerprint density at radius 2 is 1.75 bits per heavy atom. The summed E-state index contributed by atoms with van der Waals surface area (Å²) in [4.78, 5) is 10.3. The first kappa shape index (κ1) is 16.4. The van der Waals surface area contributed by atoms with Crippen molar-refractivity contribution < 1.29 is 14.4 Å². The van der Waals surface area contributed by atoms with E-state index < -0.39 is 4.92 Å². The second-order valence-electron chi connectivity index (χ2n) is 3.67. The van der Waals surface area contributed by atoms with Crippen LogP contribution in [-0.4, -0.2) is 30.1 Å². The molecular weight excluding hydrogens is 326 g/mol. The molecule has 0 amide bonds. The molecule has 0 aliphatic heterocycles. The van der Waals surface area contributed by atoms with E-state index in [1.165, 1.54) is 6.07 Å². The van der Waals surface area contributed by atoms with E-state index in [0.717, 1.165) is 5.33 Å². The molecule has 0 aromatic heterocycles. The van der Waals surface area contributed by atoms with Crippen LogP contribution >= 0.6 is 15.9 Å². The van der Waals surface area contributed by atoms with Gasteiger partial charge >= 0.3 is 5.69 Å². The fourth-order valence-corrected chi connectivity index (χ4v) is 1.60. The number of hydrogen-bond donors (Lipinski definition) is 0. The molecule has 108 valence electrons. The van der Waals surface area contributed by atoms with Gasteiger partial charge in [0.15, 0.2) is 5.75 Å². The molecule has 0 aliphatic carbocycles. The highest BCUT2D eigenvalue weighted by Gasteiger charge is 2.12. The van der Waals surface area contributed by atoms with Crippen molar-refractivity contribution >= 4 is 21.6 Å². The Labute approximate surface area is 126 Å². The number of halogens is 1. The molecule has 6 heteroatoms. The minimum Gasteiger partial charge on any atom is -0.483 e. The van der Waals surface area contributed by atoms with Crippen molar-refractivity contribution in [2.24, 2.45) is 0 Å². The standard InChI is InChI=1S/C14H16BrNO4/c15-9-3-4-10-19-11-5-6-12-20-14-8-2-1-7-13(14)16(17)18/h1-8H,9-12H2/b4-3+,6-5+. The van der Waals surface area contributed by atoms with E-state index in [9.17, 15) is 10.1 Å². The van der Waals surface area contributed by atoms with Crippen LogP contribution in [0.25, 0.3) is 0 Å². The van der Waals surface area contributed by atoms with Gasteiger partial charge in [-0.2, -0.15) is 0 Å². The maximum atomic E-state index is 10.8. The lowest BCUT2D eigenvalue weighted by molar-refractivity contribution is -0.385. The topological polar surface area (TPSA) is 61.6 Å². The van der Waals surface area contributed by atoms with Crippen molar-refractivity contribution in [3.05, 3.63) is 58.7 Å². The van der Waals surface area contributed by atoms with Crippen LogP contribution in [0.15, 0.2) is 48.6 Å². The first-order chi connectivity index (χ1) is 9.75. The molecule has 5 nitrogen and oxygen atoms in total. The third-order valence-electron chi connectivity index (χ3n) is 2.25. The Balaban J connectivity index is 2.27. The van der Waals surface area contributed by atoms with Crippen molar-refractivity contribution in [2.45, 2.75) is 0 Å². The fraction of sp³-hybridized carbons (Fsp3) is 0.286. The molecule has 1 aromatic carbocycles. The smallest absolute Gasteiger partial charge is 0.310 e. The molecule has 1 rings (SSSR count). The molecule has 0 radical (unpaired) electrons. The van der Waals surface area contributed by atoms with Gasteiger partial charge in [-0.1, -0.05) is 46.3 Å². The average Bonchev–Trinajstić information content (AvgIpc) is 2.46. The molecule has 0 spiro atoms. The summed E-state index contributed by atoms with van der Waals surface area (Å²) in [7, 11) is 0. The van der Waals surface area contributed by atoms with E-state index in [1.54, 1.807) is 24.3 Å². The van der Waals surface area contributed by atoms with E-state index in [1.807, 2.05) is 18.2 Å². The number of alkyl halides is 1. The number of hydrogen-bond acceptors (Lipinski definition) is 4. The highest BCUT2D eigenvalue weighted by Crippen LogP contribution is 2.25. The molecule has 0 N–H and O–H groups in total. The van der Waals surface area contributed by atoms with Crippen molar-refractivity contribution in [1.29, 1.82) is 0 Å². The van der Waals surface area contributed by atoms with Gasteiger partial charge in [-0.3, -0.25) is 10.1 Å². The zero-order valence-electron chi connectivity index (χ0n) is 10.9. The molecule has 1 aromatic rings. The zero-order valence-corrected chi connectivity index (χ0v) is 12.5. The Hall–Kier alpha value is -1.66. The Morgan fingerprint density at radius 3 is 2.45 bits per heavy atom. The van der Waals surface area contributed by atoms with E-state index in [0.29, 0.717) is 13.2 Å². The van der Waals surface area contributed by atoms with Gasteiger partial charge in [-0.05, 0) is 12.1 Å². The zero-order chi connectivity index (χ0) is 14.6. The maximum absolute atomic E-state index is 10.8. The van der Waals surface area contributed by atoms with Crippen molar-refractivity contribution in [2.75, 3.05) is 25.2 Å². The monoisotopic (exact) mass is 341 g/mol. The molecule has 0 atom stereocenters. The molecule has 0 heterocycles. The summed E-state index contributed by atoms with van der Waals surface area (Å²) in [6, 6.07) is 6.30. The van der Waals surface area contributed by atoms with Crippen LogP contribution in [0.3, 0.4) is 0 Å².